The molecule has 0 N–H and O–H groups in total. The molecule has 4 rings (SSSR count). The molecule has 1 fully saturated rings. The van der Waals surface area contributed by atoms with Gasteiger partial charge in [-0.1, -0.05) is 17.7 Å². The first-order valence-electron chi connectivity index (χ1n) is 9.54. The Morgan fingerprint density at radius 1 is 1.11 bits per heavy atom. The molecule has 1 amide bonds. The van der Waals surface area contributed by atoms with E-state index >= 15 is 0 Å². The summed E-state index contributed by atoms with van der Waals surface area (Å²) in [5.74, 6) is 1.02. The zero-order valence-corrected chi connectivity index (χ0v) is 15.9. The van der Waals surface area contributed by atoms with Crippen LogP contribution in [0.4, 0.5) is 0 Å². The van der Waals surface area contributed by atoms with Gasteiger partial charge in [0.05, 0.1) is 0 Å². The van der Waals surface area contributed by atoms with Crippen LogP contribution in [0, 0.1) is 12.8 Å². The number of nitrogens with zero attached hydrogens (tertiary/aromatic N) is 5. The van der Waals surface area contributed by atoms with Gasteiger partial charge in [0.2, 0.25) is 0 Å². The highest BCUT2D eigenvalue weighted by molar-refractivity contribution is 5.94. The average molecular weight is 377 g/mol. The highest BCUT2D eigenvalue weighted by atomic mass is 16.2. The molecule has 1 aliphatic rings. The van der Waals surface area contributed by atoms with E-state index in [0.29, 0.717) is 31.4 Å². The Balaban J connectivity index is 1.39. The van der Waals surface area contributed by atoms with Gasteiger partial charge in [-0.25, -0.2) is 9.36 Å². The molecule has 3 aromatic rings. The topological polar surface area (TPSA) is 73.0 Å². The number of likely N-dealkylation sites (tertiary alicyclic amines) is 1. The SMILES string of the molecule is Cc1ccc(C(=O)N2CCC(Cn3nc(-n4cccn4)ccc3=O)CC2)cc1. The monoisotopic (exact) mass is 377 g/mol. The Kier molecular flexibility index (Phi) is 5.06. The maximum Gasteiger partial charge on any atom is 0.266 e. The third-order valence-corrected chi connectivity index (χ3v) is 5.22. The fourth-order valence-corrected chi connectivity index (χ4v) is 3.54. The number of piperidine rings is 1. The van der Waals surface area contributed by atoms with Crippen LogP contribution in [0.5, 0.6) is 0 Å². The van der Waals surface area contributed by atoms with Crippen molar-refractivity contribution in [3.63, 3.8) is 0 Å². The normalized spacial score (nSPS) is 15.0. The lowest BCUT2D eigenvalue weighted by Crippen LogP contribution is -2.40. The maximum atomic E-state index is 12.7. The molecule has 1 aliphatic heterocycles. The standard InChI is InChI=1S/C21H23N5O2/c1-16-3-5-18(6-4-16)21(28)24-13-9-17(10-14-24)15-26-20(27)8-7-19(23-26)25-12-2-11-22-25/h2-8,11-12,17H,9-10,13-15H2,1H3. The van der Waals surface area contributed by atoms with Crippen molar-refractivity contribution < 1.29 is 4.79 Å². The summed E-state index contributed by atoms with van der Waals surface area (Å²) in [4.78, 5) is 26.8. The largest absolute Gasteiger partial charge is 0.339 e. The molecule has 7 heteroatoms. The van der Waals surface area contributed by atoms with Crippen LogP contribution in [0.15, 0.2) is 59.7 Å². The van der Waals surface area contributed by atoms with Crippen molar-refractivity contribution in [1.29, 1.82) is 0 Å². The van der Waals surface area contributed by atoms with Crippen LogP contribution in [-0.4, -0.2) is 43.5 Å². The van der Waals surface area contributed by atoms with Crippen molar-refractivity contribution in [2.24, 2.45) is 5.92 Å². The second kappa shape index (κ2) is 7.80. The molecule has 1 aromatic carbocycles. The van der Waals surface area contributed by atoms with Crippen LogP contribution in [0.25, 0.3) is 5.82 Å². The summed E-state index contributed by atoms with van der Waals surface area (Å²) in [7, 11) is 0. The van der Waals surface area contributed by atoms with E-state index < -0.39 is 0 Å². The van der Waals surface area contributed by atoms with Crippen molar-refractivity contribution >= 4 is 5.91 Å². The van der Waals surface area contributed by atoms with Crippen molar-refractivity contribution in [3.8, 4) is 5.82 Å². The van der Waals surface area contributed by atoms with Gasteiger partial charge in [-0.2, -0.15) is 5.10 Å². The number of carbonyl (C=O) groups excluding carboxylic acids is 1. The number of aromatic nitrogens is 4. The number of benzene rings is 1. The molecular weight excluding hydrogens is 354 g/mol. The van der Waals surface area contributed by atoms with Gasteiger partial charge in [-0.3, -0.25) is 9.59 Å². The Bertz CT molecular complexity index is 1000. The lowest BCUT2D eigenvalue weighted by Gasteiger charge is -2.32. The van der Waals surface area contributed by atoms with Gasteiger partial charge >= 0.3 is 0 Å². The summed E-state index contributed by atoms with van der Waals surface area (Å²) in [6, 6.07) is 12.7. The van der Waals surface area contributed by atoms with Crippen LogP contribution in [0.2, 0.25) is 0 Å². The predicted molar refractivity (Wildman–Crippen MR) is 105 cm³/mol. The van der Waals surface area contributed by atoms with Crippen LogP contribution >= 0.6 is 0 Å². The van der Waals surface area contributed by atoms with Crippen molar-refractivity contribution in [2.45, 2.75) is 26.3 Å². The number of rotatable bonds is 4. The number of aryl methyl sites for hydroxylation is 1. The second-order valence-electron chi connectivity index (χ2n) is 7.26. The van der Waals surface area contributed by atoms with Crippen molar-refractivity contribution in [1.82, 2.24) is 24.5 Å². The third kappa shape index (κ3) is 3.88. The summed E-state index contributed by atoms with van der Waals surface area (Å²) >= 11 is 0. The molecular formula is C21H23N5O2. The lowest BCUT2D eigenvalue weighted by molar-refractivity contribution is 0.0680. The molecule has 3 heterocycles. The zero-order valence-electron chi connectivity index (χ0n) is 15.9. The highest BCUT2D eigenvalue weighted by Crippen LogP contribution is 2.20. The Morgan fingerprint density at radius 3 is 2.54 bits per heavy atom. The minimum Gasteiger partial charge on any atom is -0.339 e. The summed E-state index contributed by atoms with van der Waals surface area (Å²) in [6.45, 7) is 3.97. The smallest absolute Gasteiger partial charge is 0.266 e. The van der Waals surface area contributed by atoms with E-state index in [2.05, 4.69) is 10.2 Å². The van der Waals surface area contributed by atoms with Crippen LogP contribution < -0.4 is 5.56 Å². The van der Waals surface area contributed by atoms with Gasteiger partial charge in [0.15, 0.2) is 5.82 Å². The average Bonchev–Trinajstić information content (AvgIpc) is 3.25. The zero-order chi connectivity index (χ0) is 19.5. The van der Waals surface area contributed by atoms with E-state index in [1.165, 1.54) is 10.7 Å². The lowest BCUT2D eigenvalue weighted by atomic mass is 9.96. The van der Waals surface area contributed by atoms with E-state index in [1.807, 2.05) is 42.2 Å². The molecule has 2 aromatic heterocycles. The molecule has 0 radical (unpaired) electrons. The Labute approximate surface area is 163 Å². The first-order chi connectivity index (χ1) is 13.6. The Hall–Kier alpha value is -3.22. The first kappa shape index (κ1) is 18.2. The predicted octanol–water partition coefficient (Wildman–Crippen LogP) is 2.29. The fourth-order valence-electron chi connectivity index (χ4n) is 3.54. The molecule has 1 saturated heterocycles. The number of carbonyl (C=O) groups is 1. The molecule has 28 heavy (non-hydrogen) atoms. The maximum absolute atomic E-state index is 12.7. The fraction of sp³-hybridized carbons (Fsp3) is 0.333. The quantitative estimate of drug-likeness (QED) is 0.699. The number of hydrogen-bond acceptors (Lipinski definition) is 4. The minimum absolute atomic E-state index is 0.0782. The molecule has 0 unspecified atom stereocenters. The minimum atomic E-state index is -0.117. The van der Waals surface area contributed by atoms with E-state index in [-0.39, 0.29) is 11.5 Å². The van der Waals surface area contributed by atoms with Crippen molar-refractivity contribution in [3.05, 3.63) is 76.3 Å². The molecule has 7 nitrogen and oxygen atoms in total. The molecule has 0 atom stereocenters. The van der Waals surface area contributed by atoms with E-state index in [1.54, 1.807) is 23.1 Å². The Morgan fingerprint density at radius 2 is 1.86 bits per heavy atom. The van der Waals surface area contributed by atoms with E-state index in [0.717, 1.165) is 24.0 Å². The van der Waals surface area contributed by atoms with Crippen LogP contribution in [-0.2, 0) is 6.54 Å². The molecule has 0 saturated carbocycles. The molecule has 144 valence electrons. The molecule has 0 spiro atoms. The van der Waals surface area contributed by atoms with E-state index in [4.69, 9.17) is 0 Å². The number of hydrogen-bond donors (Lipinski definition) is 0. The highest BCUT2D eigenvalue weighted by Gasteiger charge is 2.24. The van der Waals surface area contributed by atoms with Crippen LogP contribution in [0.3, 0.4) is 0 Å². The number of amides is 1. The third-order valence-electron chi connectivity index (χ3n) is 5.22. The van der Waals surface area contributed by atoms with Gasteiger partial charge in [0, 0.05) is 43.7 Å². The van der Waals surface area contributed by atoms with Crippen LogP contribution in [0.1, 0.15) is 28.8 Å². The summed E-state index contributed by atoms with van der Waals surface area (Å²) < 4.78 is 3.15. The van der Waals surface area contributed by atoms with Gasteiger partial charge < -0.3 is 4.90 Å². The first-order valence-corrected chi connectivity index (χ1v) is 9.54. The molecule has 0 bridgehead atoms. The summed E-state index contributed by atoms with van der Waals surface area (Å²) in [5, 5.41) is 8.61. The van der Waals surface area contributed by atoms with Crippen molar-refractivity contribution in [2.75, 3.05) is 13.1 Å². The summed E-state index contributed by atoms with van der Waals surface area (Å²) in [5.41, 5.74) is 1.76. The van der Waals surface area contributed by atoms with E-state index in [9.17, 15) is 9.59 Å². The molecule has 0 aliphatic carbocycles. The van der Waals surface area contributed by atoms with Gasteiger partial charge in [0.1, 0.15) is 0 Å². The van der Waals surface area contributed by atoms with Gasteiger partial charge in [-0.15, -0.1) is 5.10 Å². The van der Waals surface area contributed by atoms with Gasteiger partial charge in [-0.05, 0) is 49.9 Å². The van der Waals surface area contributed by atoms with Gasteiger partial charge in [0.25, 0.3) is 11.5 Å². The second-order valence-corrected chi connectivity index (χ2v) is 7.26. The summed E-state index contributed by atoms with van der Waals surface area (Å²) in [6.07, 6.45) is 5.19.